The van der Waals surface area contributed by atoms with Gasteiger partial charge in [0, 0.05) is 18.5 Å². The number of carbonyl (C=O) groups excluding carboxylic acids is 2. The molecule has 1 saturated heterocycles. The molecule has 2 fully saturated rings. The molecule has 0 spiro atoms. The van der Waals surface area contributed by atoms with E-state index in [2.05, 4.69) is 21.7 Å². The number of nitriles is 1. The molecule has 158 valence electrons. The van der Waals surface area contributed by atoms with Crippen molar-refractivity contribution in [1.82, 2.24) is 10.2 Å². The number of amides is 4. The molecule has 0 aromatic heterocycles. The molecule has 0 bridgehead atoms. The zero-order valence-electron chi connectivity index (χ0n) is 17.3. The van der Waals surface area contributed by atoms with Crippen LogP contribution in [0.1, 0.15) is 36.8 Å². The van der Waals surface area contributed by atoms with Crippen LogP contribution in [0.2, 0.25) is 0 Å². The topological polar surface area (TPSA) is 97.6 Å². The number of para-hydroxylation sites is 1. The minimum atomic E-state index is -0.568. The Morgan fingerprint density at radius 3 is 2.68 bits per heavy atom. The van der Waals surface area contributed by atoms with Gasteiger partial charge >= 0.3 is 12.1 Å². The highest BCUT2D eigenvalue weighted by atomic mass is 16.2. The fourth-order valence-electron chi connectivity index (χ4n) is 4.34. The molecule has 4 amide bonds. The van der Waals surface area contributed by atoms with Crippen molar-refractivity contribution in [1.29, 1.82) is 5.26 Å². The summed E-state index contributed by atoms with van der Waals surface area (Å²) >= 11 is 0. The maximum absolute atomic E-state index is 12.9. The van der Waals surface area contributed by atoms with E-state index in [0.29, 0.717) is 30.1 Å². The van der Waals surface area contributed by atoms with Crippen LogP contribution < -0.4 is 10.6 Å². The lowest BCUT2D eigenvalue weighted by Gasteiger charge is -2.42. The summed E-state index contributed by atoms with van der Waals surface area (Å²) in [6.07, 6.45) is 4.54. The normalized spacial score (nSPS) is 21.7. The number of nitrogens with zero attached hydrogens (tertiary/aromatic N) is 3. The van der Waals surface area contributed by atoms with Crippen molar-refractivity contribution in [3.05, 3.63) is 65.7 Å². The van der Waals surface area contributed by atoms with Gasteiger partial charge in [-0.3, -0.25) is 4.90 Å². The van der Waals surface area contributed by atoms with E-state index in [1.165, 1.54) is 0 Å². The van der Waals surface area contributed by atoms with Crippen molar-refractivity contribution in [2.75, 3.05) is 11.9 Å². The first-order chi connectivity index (χ1) is 15.2. The molecule has 7 heteroatoms. The van der Waals surface area contributed by atoms with Crippen LogP contribution in [0.15, 0.2) is 59.6 Å². The monoisotopic (exact) mass is 415 g/mol. The first-order valence-corrected chi connectivity index (χ1v) is 10.7. The summed E-state index contributed by atoms with van der Waals surface area (Å²) in [6.45, 7) is 0.444. The Hall–Kier alpha value is -3.66. The van der Waals surface area contributed by atoms with E-state index in [9.17, 15) is 14.9 Å². The summed E-state index contributed by atoms with van der Waals surface area (Å²) in [5.41, 5.74) is 1.90. The van der Waals surface area contributed by atoms with E-state index in [0.717, 1.165) is 31.2 Å². The smallest absolute Gasteiger partial charge is 0.334 e. The Labute approximate surface area is 181 Å². The highest BCUT2D eigenvalue weighted by Gasteiger charge is 2.40. The Balaban J connectivity index is 1.59. The lowest BCUT2D eigenvalue weighted by Crippen LogP contribution is -2.61. The number of nitrogens with one attached hydrogen (secondary N) is 2. The average molecular weight is 415 g/mol. The molecule has 0 radical (unpaired) electrons. The minimum absolute atomic E-state index is 0.00664. The van der Waals surface area contributed by atoms with Crippen LogP contribution in [0.25, 0.3) is 0 Å². The molecule has 7 nitrogen and oxygen atoms in total. The van der Waals surface area contributed by atoms with Crippen LogP contribution in [-0.2, 0) is 6.42 Å². The number of carbonyl (C=O) groups is 2. The van der Waals surface area contributed by atoms with Crippen LogP contribution in [0.4, 0.5) is 15.3 Å². The van der Waals surface area contributed by atoms with Crippen LogP contribution >= 0.6 is 0 Å². The predicted octanol–water partition coefficient (Wildman–Crippen LogP) is 4.32. The third-order valence-corrected chi connectivity index (χ3v) is 5.90. The van der Waals surface area contributed by atoms with Gasteiger partial charge in [0.25, 0.3) is 0 Å². The second-order valence-electron chi connectivity index (χ2n) is 7.89. The predicted molar refractivity (Wildman–Crippen MR) is 119 cm³/mol. The van der Waals surface area contributed by atoms with E-state index >= 15 is 0 Å². The van der Waals surface area contributed by atoms with E-state index in [1.807, 2.05) is 30.3 Å². The summed E-state index contributed by atoms with van der Waals surface area (Å²) in [4.78, 5) is 31.6. The van der Waals surface area contributed by atoms with Crippen LogP contribution in [0, 0.1) is 17.2 Å². The highest BCUT2D eigenvalue weighted by molar-refractivity contribution is 6.08. The second kappa shape index (κ2) is 9.43. The van der Waals surface area contributed by atoms with Crippen LogP contribution in [-0.4, -0.2) is 35.4 Å². The molecule has 2 unspecified atom stereocenters. The zero-order chi connectivity index (χ0) is 21.6. The number of hydrogen-bond donors (Lipinski definition) is 2. The summed E-state index contributed by atoms with van der Waals surface area (Å²) in [6, 6.07) is 18.0. The Kier molecular flexibility index (Phi) is 6.27. The number of aliphatic imine (C=N–C) groups is 1. The van der Waals surface area contributed by atoms with Crippen molar-refractivity contribution in [2.24, 2.45) is 10.9 Å². The third kappa shape index (κ3) is 4.75. The number of anilines is 1. The van der Waals surface area contributed by atoms with Crippen molar-refractivity contribution in [2.45, 2.75) is 38.1 Å². The second-order valence-corrected chi connectivity index (χ2v) is 7.89. The number of fused-ring (bicyclic) bond motifs is 1. The third-order valence-electron chi connectivity index (χ3n) is 5.90. The molecule has 1 heterocycles. The molecule has 2 N–H and O–H groups in total. The van der Waals surface area contributed by atoms with Gasteiger partial charge in [-0.1, -0.05) is 55.3 Å². The molecule has 2 aliphatic rings. The highest BCUT2D eigenvalue weighted by Crippen LogP contribution is 2.30. The molecule has 1 aliphatic carbocycles. The standard InChI is InChI=1S/C24H25N5O2/c25-16-18-10-4-6-12-20(18)26-23(30)28-22-19-11-5-7-13-21(19)27-24(31)29(22)15-14-17-8-2-1-3-9-17/h1-4,6,8-10,12,19,21H,5,7,11,13-15H2,(H,26,30)(H,27,31)/b28-22+. The van der Waals surface area contributed by atoms with Crippen molar-refractivity contribution in [3.63, 3.8) is 0 Å². The fourth-order valence-corrected chi connectivity index (χ4v) is 4.34. The largest absolute Gasteiger partial charge is 0.347 e. The zero-order valence-corrected chi connectivity index (χ0v) is 17.3. The van der Waals surface area contributed by atoms with Crippen molar-refractivity contribution in [3.8, 4) is 6.07 Å². The SMILES string of the molecule is N#Cc1ccccc1NC(=O)/N=C1\C2CCCCC2NC(=O)N1CCc1ccccc1. The van der Waals surface area contributed by atoms with Gasteiger partial charge in [-0.05, 0) is 37.0 Å². The summed E-state index contributed by atoms with van der Waals surface area (Å²) in [5.74, 6) is 0.538. The quantitative estimate of drug-likeness (QED) is 0.778. The van der Waals surface area contributed by atoms with Gasteiger partial charge in [-0.25, -0.2) is 9.59 Å². The lowest BCUT2D eigenvalue weighted by molar-refractivity contribution is 0.190. The molecular formula is C24H25N5O2. The van der Waals surface area contributed by atoms with Gasteiger partial charge in [0.15, 0.2) is 0 Å². The molecule has 31 heavy (non-hydrogen) atoms. The van der Waals surface area contributed by atoms with E-state index in [-0.39, 0.29) is 18.0 Å². The van der Waals surface area contributed by atoms with E-state index in [1.54, 1.807) is 29.2 Å². The van der Waals surface area contributed by atoms with Gasteiger partial charge < -0.3 is 10.6 Å². The molecule has 2 atom stereocenters. The van der Waals surface area contributed by atoms with Crippen molar-refractivity contribution < 1.29 is 9.59 Å². The van der Waals surface area contributed by atoms with Gasteiger partial charge in [-0.15, -0.1) is 0 Å². The summed E-state index contributed by atoms with van der Waals surface area (Å²) in [5, 5.41) is 15.1. The van der Waals surface area contributed by atoms with E-state index in [4.69, 9.17) is 0 Å². The lowest BCUT2D eigenvalue weighted by atomic mass is 9.82. The van der Waals surface area contributed by atoms with Crippen molar-refractivity contribution >= 4 is 23.6 Å². The summed E-state index contributed by atoms with van der Waals surface area (Å²) in [7, 11) is 0. The average Bonchev–Trinajstić information content (AvgIpc) is 2.79. The molecule has 2 aromatic rings. The number of rotatable bonds is 4. The molecule has 1 aliphatic heterocycles. The Bertz CT molecular complexity index is 1030. The first kappa shape index (κ1) is 20.6. The fraction of sp³-hybridized carbons (Fsp3) is 0.333. The molecular weight excluding hydrogens is 390 g/mol. The van der Waals surface area contributed by atoms with Gasteiger partial charge in [0.1, 0.15) is 11.9 Å². The van der Waals surface area contributed by atoms with Gasteiger partial charge in [0.05, 0.1) is 11.3 Å². The Morgan fingerprint density at radius 2 is 1.87 bits per heavy atom. The van der Waals surface area contributed by atoms with E-state index < -0.39 is 6.03 Å². The van der Waals surface area contributed by atoms with Crippen LogP contribution in [0.3, 0.4) is 0 Å². The maximum Gasteiger partial charge on any atom is 0.347 e. The number of amidine groups is 1. The first-order valence-electron chi connectivity index (χ1n) is 10.7. The Morgan fingerprint density at radius 1 is 1.13 bits per heavy atom. The molecule has 4 rings (SSSR count). The van der Waals surface area contributed by atoms with Gasteiger partial charge in [0.2, 0.25) is 0 Å². The molecule has 1 saturated carbocycles. The summed E-state index contributed by atoms with van der Waals surface area (Å²) < 4.78 is 0. The van der Waals surface area contributed by atoms with Gasteiger partial charge in [-0.2, -0.15) is 10.3 Å². The number of hydrogen-bond acceptors (Lipinski definition) is 3. The minimum Gasteiger partial charge on any atom is -0.334 e. The maximum atomic E-state index is 12.9. The number of benzene rings is 2. The van der Waals surface area contributed by atoms with Crippen LogP contribution in [0.5, 0.6) is 0 Å². The molecule has 2 aromatic carbocycles. The number of urea groups is 2.